The Morgan fingerprint density at radius 3 is 2.00 bits per heavy atom. The zero-order valence-corrected chi connectivity index (χ0v) is 13.2. The standard InChI is InChI=1S/C16H17NO4S/c1-12-3-7-14(8-4-12)21-16(18)11-17-22(19,20)15-9-5-13(2)6-10-15/h3-10,17H,11H2,1-2H3. The molecule has 2 rings (SSSR count). The molecule has 22 heavy (non-hydrogen) atoms. The van der Waals surface area contributed by atoms with Gasteiger partial charge in [0.1, 0.15) is 12.3 Å². The van der Waals surface area contributed by atoms with Crippen LogP contribution < -0.4 is 9.46 Å². The van der Waals surface area contributed by atoms with Crippen molar-refractivity contribution in [2.75, 3.05) is 6.54 Å². The first-order valence-electron chi connectivity index (χ1n) is 6.70. The Kier molecular flexibility index (Phi) is 4.95. The van der Waals surface area contributed by atoms with Crippen molar-refractivity contribution in [3.05, 3.63) is 59.7 Å². The van der Waals surface area contributed by atoms with Crippen LogP contribution in [-0.2, 0) is 14.8 Å². The van der Waals surface area contributed by atoms with Crippen LogP contribution in [0.4, 0.5) is 0 Å². The second-order valence-electron chi connectivity index (χ2n) is 4.92. The van der Waals surface area contributed by atoms with Gasteiger partial charge >= 0.3 is 5.97 Å². The van der Waals surface area contributed by atoms with Crippen molar-refractivity contribution >= 4 is 16.0 Å². The number of carbonyl (C=O) groups is 1. The van der Waals surface area contributed by atoms with Gasteiger partial charge in [-0.1, -0.05) is 35.4 Å². The number of carbonyl (C=O) groups excluding carboxylic acids is 1. The molecule has 0 aliphatic rings. The van der Waals surface area contributed by atoms with Gasteiger partial charge in [-0.3, -0.25) is 4.79 Å². The third-order valence-electron chi connectivity index (χ3n) is 2.99. The maximum atomic E-state index is 12.0. The molecule has 0 aliphatic carbocycles. The second-order valence-corrected chi connectivity index (χ2v) is 6.69. The predicted molar refractivity (Wildman–Crippen MR) is 83.2 cm³/mol. The molecular weight excluding hydrogens is 302 g/mol. The smallest absolute Gasteiger partial charge is 0.326 e. The predicted octanol–water partition coefficient (Wildman–Crippen LogP) is 2.19. The van der Waals surface area contributed by atoms with Gasteiger partial charge in [0.25, 0.3) is 0 Å². The first kappa shape index (κ1) is 16.2. The molecule has 116 valence electrons. The van der Waals surface area contributed by atoms with Crippen LogP contribution in [-0.4, -0.2) is 20.9 Å². The zero-order chi connectivity index (χ0) is 16.2. The summed E-state index contributed by atoms with van der Waals surface area (Å²) in [7, 11) is -3.72. The molecule has 0 saturated heterocycles. The van der Waals surface area contributed by atoms with Gasteiger partial charge in [0, 0.05) is 0 Å². The van der Waals surface area contributed by atoms with Crippen molar-refractivity contribution in [3.63, 3.8) is 0 Å². The van der Waals surface area contributed by atoms with Gasteiger partial charge in [-0.25, -0.2) is 8.42 Å². The topological polar surface area (TPSA) is 72.5 Å². The van der Waals surface area contributed by atoms with Gasteiger partial charge in [0.2, 0.25) is 10.0 Å². The molecule has 0 unspecified atom stereocenters. The highest BCUT2D eigenvalue weighted by Gasteiger charge is 2.16. The Labute approximate surface area is 130 Å². The summed E-state index contributed by atoms with van der Waals surface area (Å²) >= 11 is 0. The number of aryl methyl sites for hydroxylation is 2. The second kappa shape index (κ2) is 6.72. The molecule has 5 nitrogen and oxygen atoms in total. The van der Waals surface area contributed by atoms with E-state index in [0.29, 0.717) is 5.75 Å². The van der Waals surface area contributed by atoms with Crippen LogP contribution in [0.1, 0.15) is 11.1 Å². The summed E-state index contributed by atoms with van der Waals surface area (Å²) in [6.45, 7) is 3.36. The van der Waals surface area contributed by atoms with E-state index in [1.807, 2.05) is 13.8 Å². The van der Waals surface area contributed by atoms with Crippen LogP contribution in [0.3, 0.4) is 0 Å². The summed E-state index contributed by atoms with van der Waals surface area (Å²) in [5.74, 6) is -0.287. The van der Waals surface area contributed by atoms with E-state index in [0.717, 1.165) is 11.1 Å². The summed E-state index contributed by atoms with van der Waals surface area (Å²) in [5.41, 5.74) is 2.00. The lowest BCUT2D eigenvalue weighted by molar-refractivity contribution is -0.133. The quantitative estimate of drug-likeness (QED) is 0.677. The Hall–Kier alpha value is -2.18. The Bertz CT molecular complexity index is 750. The number of hydrogen-bond donors (Lipinski definition) is 1. The largest absolute Gasteiger partial charge is 0.426 e. The van der Waals surface area contributed by atoms with Crippen molar-refractivity contribution in [1.82, 2.24) is 4.72 Å². The minimum Gasteiger partial charge on any atom is -0.426 e. The van der Waals surface area contributed by atoms with E-state index in [4.69, 9.17) is 4.74 Å². The van der Waals surface area contributed by atoms with E-state index in [9.17, 15) is 13.2 Å². The molecule has 0 fully saturated rings. The number of benzene rings is 2. The summed E-state index contributed by atoms with van der Waals surface area (Å²) in [6, 6.07) is 13.3. The average Bonchev–Trinajstić information content (AvgIpc) is 2.48. The molecule has 1 N–H and O–H groups in total. The summed E-state index contributed by atoms with van der Waals surface area (Å²) in [5, 5.41) is 0. The molecule has 0 spiro atoms. The van der Waals surface area contributed by atoms with Crippen LogP contribution in [0, 0.1) is 13.8 Å². The van der Waals surface area contributed by atoms with Gasteiger partial charge in [0.15, 0.2) is 0 Å². The zero-order valence-electron chi connectivity index (χ0n) is 12.4. The molecule has 0 aromatic heterocycles. The molecule has 0 amide bonds. The first-order valence-corrected chi connectivity index (χ1v) is 8.19. The van der Waals surface area contributed by atoms with Crippen molar-refractivity contribution in [1.29, 1.82) is 0 Å². The van der Waals surface area contributed by atoms with Crippen LogP contribution in [0.15, 0.2) is 53.4 Å². The average molecular weight is 319 g/mol. The van der Waals surface area contributed by atoms with Crippen LogP contribution in [0.2, 0.25) is 0 Å². The molecule has 0 saturated carbocycles. The van der Waals surface area contributed by atoms with Crippen molar-refractivity contribution < 1.29 is 17.9 Å². The maximum Gasteiger partial charge on any atom is 0.326 e. The highest BCUT2D eigenvalue weighted by Crippen LogP contribution is 2.12. The molecule has 2 aromatic rings. The van der Waals surface area contributed by atoms with Gasteiger partial charge < -0.3 is 4.74 Å². The Balaban J connectivity index is 1.95. The molecular formula is C16H17NO4S. The van der Waals surface area contributed by atoms with E-state index in [2.05, 4.69) is 4.72 Å². The molecule has 0 atom stereocenters. The summed E-state index contributed by atoms with van der Waals surface area (Å²) < 4.78 is 31.3. The van der Waals surface area contributed by atoms with Gasteiger partial charge in [0.05, 0.1) is 4.90 Å². The number of hydrogen-bond acceptors (Lipinski definition) is 4. The summed E-state index contributed by atoms with van der Waals surface area (Å²) in [6.07, 6.45) is 0. The van der Waals surface area contributed by atoms with E-state index in [-0.39, 0.29) is 4.90 Å². The lowest BCUT2D eigenvalue weighted by Crippen LogP contribution is -2.31. The molecule has 0 bridgehead atoms. The third kappa shape index (κ3) is 4.41. The van der Waals surface area contributed by atoms with E-state index in [1.165, 1.54) is 12.1 Å². The fourth-order valence-corrected chi connectivity index (χ4v) is 2.70. The van der Waals surface area contributed by atoms with E-state index >= 15 is 0 Å². The van der Waals surface area contributed by atoms with Crippen LogP contribution in [0.25, 0.3) is 0 Å². The Morgan fingerprint density at radius 1 is 0.955 bits per heavy atom. The van der Waals surface area contributed by atoms with Crippen LogP contribution >= 0.6 is 0 Å². The molecule has 0 radical (unpaired) electrons. The molecule has 6 heteroatoms. The van der Waals surface area contributed by atoms with Crippen molar-refractivity contribution in [2.45, 2.75) is 18.7 Å². The molecule has 2 aromatic carbocycles. The number of rotatable bonds is 5. The number of nitrogens with one attached hydrogen (secondary N) is 1. The first-order chi connectivity index (χ1) is 10.4. The van der Waals surface area contributed by atoms with Crippen molar-refractivity contribution in [2.24, 2.45) is 0 Å². The highest BCUT2D eigenvalue weighted by atomic mass is 32.2. The van der Waals surface area contributed by atoms with Crippen LogP contribution in [0.5, 0.6) is 5.75 Å². The number of esters is 1. The minimum atomic E-state index is -3.72. The summed E-state index contributed by atoms with van der Waals surface area (Å²) in [4.78, 5) is 11.8. The van der Waals surface area contributed by atoms with E-state index < -0.39 is 22.5 Å². The Morgan fingerprint density at radius 2 is 1.45 bits per heavy atom. The third-order valence-corrected chi connectivity index (χ3v) is 4.41. The van der Waals surface area contributed by atoms with Gasteiger partial charge in [-0.05, 0) is 38.1 Å². The van der Waals surface area contributed by atoms with E-state index in [1.54, 1.807) is 36.4 Å². The van der Waals surface area contributed by atoms with Crippen molar-refractivity contribution in [3.8, 4) is 5.75 Å². The van der Waals surface area contributed by atoms with Gasteiger partial charge in [-0.2, -0.15) is 4.72 Å². The normalized spacial score (nSPS) is 11.2. The molecule has 0 aliphatic heterocycles. The fraction of sp³-hybridized carbons (Fsp3) is 0.188. The lowest BCUT2D eigenvalue weighted by atomic mass is 10.2. The number of sulfonamides is 1. The van der Waals surface area contributed by atoms with Gasteiger partial charge in [-0.15, -0.1) is 0 Å². The lowest BCUT2D eigenvalue weighted by Gasteiger charge is -2.07. The number of ether oxygens (including phenoxy) is 1. The SMILES string of the molecule is Cc1ccc(OC(=O)CNS(=O)(=O)c2ccc(C)cc2)cc1. The minimum absolute atomic E-state index is 0.112. The highest BCUT2D eigenvalue weighted by molar-refractivity contribution is 7.89. The monoisotopic (exact) mass is 319 g/mol. The fourth-order valence-electron chi connectivity index (χ4n) is 1.73. The maximum absolute atomic E-state index is 12.0. The molecule has 0 heterocycles.